The summed E-state index contributed by atoms with van der Waals surface area (Å²) in [6.45, 7) is 13.5. The molecule has 0 aliphatic rings. The van der Waals surface area contributed by atoms with E-state index in [9.17, 15) is 0 Å². The second-order valence-corrected chi connectivity index (χ2v) is 6.35. The molecule has 0 aliphatic heterocycles. The summed E-state index contributed by atoms with van der Waals surface area (Å²) in [6, 6.07) is 8.89. The van der Waals surface area contributed by atoms with Gasteiger partial charge in [0.1, 0.15) is 0 Å². The van der Waals surface area contributed by atoms with Gasteiger partial charge in [-0.3, -0.25) is 0 Å². The quantitative estimate of drug-likeness (QED) is 0.627. The van der Waals surface area contributed by atoms with E-state index in [1.807, 2.05) is 0 Å². The third kappa shape index (κ3) is 6.99. The van der Waals surface area contributed by atoms with Crippen molar-refractivity contribution in [3.8, 4) is 0 Å². The lowest BCUT2D eigenvalue weighted by Crippen LogP contribution is -2.28. The van der Waals surface area contributed by atoms with E-state index < -0.39 is 0 Å². The van der Waals surface area contributed by atoms with Gasteiger partial charge in [0.25, 0.3) is 0 Å². The number of hydrogen-bond acceptors (Lipinski definition) is 2. The first-order valence-corrected chi connectivity index (χ1v) is 8.72. The number of hydrogen-bond donors (Lipinski definition) is 1. The monoisotopic (exact) mass is 290 g/mol. The van der Waals surface area contributed by atoms with Crippen LogP contribution in [-0.2, 0) is 6.54 Å². The molecule has 0 saturated carbocycles. The molecule has 0 atom stereocenters. The smallest absolute Gasteiger partial charge is 0.0411 e. The highest BCUT2D eigenvalue weighted by Crippen LogP contribution is 2.21. The Balaban J connectivity index is 2.75. The number of unbranched alkanes of at least 4 members (excludes halogenated alkanes) is 2. The highest BCUT2D eigenvalue weighted by Gasteiger charge is 2.10. The Kier molecular flexibility index (Phi) is 9.16. The molecule has 21 heavy (non-hydrogen) atoms. The number of nitrogens with one attached hydrogen (secondary N) is 1. The predicted molar refractivity (Wildman–Crippen MR) is 95.0 cm³/mol. The summed E-state index contributed by atoms with van der Waals surface area (Å²) in [4.78, 5) is 2.58. The van der Waals surface area contributed by atoms with Crippen molar-refractivity contribution in [3.63, 3.8) is 0 Å². The molecular weight excluding hydrogens is 256 g/mol. The number of rotatable bonds is 11. The van der Waals surface area contributed by atoms with Gasteiger partial charge in [0.15, 0.2) is 0 Å². The number of para-hydroxylation sites is 1. The van der Waals surface area contributed by atoms with Crippen molar-refractivity contribution >= 4 is 5.69 Å². The maximum absolute atomic E-state index is 3.58. The van der Waals surface area contributed by atoms with Gasteiger partial charge in [-0.15, -0.1) is 0 Å². The van der Waals surface area contributed by atoms with Crippen LogP contribution in [-0.4, -0.2) is 19.6 Å². The number of anilines is 1. The average Bonchev–Trinajstić information content (AvgIpc) is 2.48. The fraction of sp³-hybridized carbons (Fsp3) is 0.684. The maximum atomic E-state index is 3.58. The second-order valence-electron chi connectivity index (χ2n) is 6.35. The van der Waals surface area contributed by atoms with Crippen molar-refractivity contribution in [2.45, 2.75) is 59.9 Å². The van der Waals surface area contributed by atoms with E-state index in [4.69, 9.17) is 0 Å². The van der Waals surface area contributed by atoms with Crippen LogP contribution in [0.4, 0.5) is 5.69 Å². The molecule has 120 valence electrons. The third-order valence-corrected chi connectivity index (χ3v) is 3.76. The molecule has 0 spiro atoms. The molecule has 1 N–H and O–H groups in total. The highest BCUT2D eigenvalue weighted by atomic mass is 15.1. The molecule has 0 fully saturated rings. The van der Waals surface area contributed by atoms with Crippen LogP contribution in [0.3, 0.4) is 0 Å². The van der Waals surface area contributed by atoms with Crippen LogP contribution < -0.4 is 10.2 Å². The lowest BCUT2D eigenvalue weighted by atomic mass is 10.1. The van der Waals surface area contributed by atoms with Crippen LogP contribution in [0.5, 0.6) is 0 Å². The zero-order valence-corrected chi connectivity index (χ0v) is 14.5. The standard InChI is InChI=1S/C19H34N2/c1-5-7-13-21(14-8-6-2)19-12-10-9-11-18(19)16-20-15-17(3)4/h9-12,17,20H,5-8,13-16H2,1-4H3. The van der Waals surface area contributed by atoms with Crippen molar-refractivity contribution in [1.82, 2.24) is 5.32 Å². The van der Waals surface area contributed by atoms with Crippen LogP contribution in [0, 0.1) is 5.92 Å². The van der Waals surface area contributed by atoms with E-state index in [0.717, 1.165) is 13.1 Å². The van der Waals surface area contributed by atoms with Gasteiger partial charge >= 0.3 is 0 Å². The van der Waals surface area contributed by atoms with Gasteiger partial charge in [-0.25, -0.2) is 0 Å². The van der Waals surface area contributed by atoms with Gasteiger partial charge in [0.2, 0.25) is 0 Å². The fourth-order valence-corrected chi connectivity index (χ4v) is 2.51. The zero-order chi connectivity index (χ0) is 15.5. The van der Waals surface area contributed by atoms with E-state index in [-0.39, 0.29) is 0 Å². The summed E-state index contributed by atoms with van der Waals surface area (Å²) in [5, 5.41) is 3.58. The average molecular weight is 290 g/mol. The molecule has 0 saturated heterocycles. The van der Waals surface area contributed by atoms with Gasteiger partial charge < -0.3 is 10.2 Å². The normalized spacial score (nSPS) is 11.1. The van der Waals surface area contributed by atoms with Crippen molar-refractivity contribution in [1.29, 1.82) is 0 Å². The summed E-state index contributed by atoms with van der Waals surface area (Å²) in [5.74, 6) is 0.702. The summed E-state index contributed by atoms with van der Waals surface area (Å²) >= 11 is 0. The van der Waals surface area contributed by atoms with E-state index in [2.05, 4.69) is 62.2 Å². The van der Waals surface area contributed by atoms with Crippen molar-refractivity contribution in [3.05, 3.63) is 29.8 Å². The van der Waals surface area contributed by atoms with E-state index in [1.165, 1.54) is 50.0 Å². The minimum atomic E-state index is 0.702. The van der Waals surface area contributed by atoms with Gasteiger partial charge in [0.05, 0.1) is 0 Å². The Morgan fingerprint density at radius 2 is 1.62 bits per heavy atom. The highest BCUT2D eigenvalue weighted by molar-refractivity contribution is 5.53. The van der Waals surface area contributed by atoms with Gasteiger partial charge in [-0.1, -0.05) is 58.7 Å². The van der Waals surface area contributed by atoms with Gasteiger partial charge in [-0.05, 0) is 36.9 Å². The summed E-state index contributed by atoms with van der Waals surface area (Å²) in [6.07, 6.45) is 5.07. The Morgan fingerprint density at radius 3 is 2.19 bits per heavy atom. The Hall–Kier alpha value is -1.02. The second kappa shape index (κ2) is 10.7. The van der Waals surface area contributed by atoms with E-state index in [1.54, 1.807) is 0 Å². The van der Waals surface area contributed by atoms with Crippen LogP contribution in [0.15, 0.2) is 24.3 Å². The summed E-state index contributed by atoms with van der Waals surface area (Å²) < 4.78 is 0. The Labute approximate surface area is 131 Å². The first-order chi connectivity index (χ1) is 10.2. The van der Waals surface area contributed by atoms with Crippen LogP contribution in [0.1, 0.15) is 58.9 Å². The van der Waals surface area contributed by atoms with E-state index >= 15 is 0 Å². The minimum absolute atomic E-state index is 0.702. The molecule has 1 aromatic rings. The van der Waals surface area contributed by atoms with Crippen LogP contribution in [0.2, 0.25) is 0 Å². The van der Waals surface area contributed by atoms with Gasteiger partial charge in [-0.2, -0.15) is 0 Å². The molecule has 0 unspecified atom stereocenters. The SMILES string of the molecule is CCCCN(CCCC)c1ccccc1CNCC(C)C. The largest absolute Gasteiger partial charge is 0.371 e. The molecule has 0 radical (unpaired) electrons. The Bertz CT molecular complexity index is 366. The lowest BCUT2D eigenvalue weighted by Gasteiger charge is -2.27. The van der Waals surface area contributed by atoms with Crippen molar-refractivity contribution in [2.24, 2.45) is 5.92 Å². The van der Waals surface area contributed by atoms with Crippen LogP contribution >= 0.6 is 0 Å². The summed E-state index contributed by atoms with van der Waals surface area (Å²) in [7, 11) is 0. The molecule has 0 aliphatic carbocycles. The molecule has 1 rings (SSSR count). The molecule has 2 heteroatoms. The summed E-state index contributed by atoms with van der Waals surface area (Å²) in [5.41, 5.74) is 2.86. The maximum Gasteiger partial charge on any atom is 0.0411 e. The molecule has 0 amide bonds. The first-order valence-electron chi connectivity index (χ1n) is 8.72. The third-order valence-electron chi connectivity index (χ3n) is 3.76. The van der Waals surface area contributed by atoms with Gasteiger partial charge in [0, 0.05) is 25.3 Å². The zero-order valence-electron chi connectivity index (χ0n) is 14.5. The molecule has 0 bridgehead atoms. The molecule has 1 aromatic carbocycles. The van der Waals surface area contributed by atoms with Crippen molar-refractivity contribution < 1.29 is 0 Å². The molecular formula is C19H34N2. The first kappa shape index (κ1) is 18.0. The van der Waals surface area contributed by atoms with Crippen molar-refractivity contribution in [2.75, 3.05) is 24.5 Å². The topological polar surface area (TPSA) is 15.3 Å². The molecule has 2 nitrogen and oxygen atoms in total. The number of benzene rings is 1. The predicted octanol–water partition coefficient (Wildman–Crippen LogP) is 4.84. The molecule has 0 heterocycles. The Morgan fingerprint density at radius 1 is 1.00 bits per heavy atom. The minimum Gasteiger partial charge on any atom is -0.371 e. The fourth-order valence-electron chi connectivity index (χ4n) is 2.51. The number of nitrogens with zero attached hydrogens (tertiary/aromatic N) is 1. The van der Waals surface area contributed by atoms with E-state index in [0.29, 0.717) is 5.92 Å². The molecule has 0 aromatic heterocycles. The lowest BCUT2D eigenvalue weighted by molar-refractivity contribution is 0.551. The van der Waals surface area contributed by atoms with Crippen LogP contribution in [0.25, 0.3) is 0 Å².